The molecule has 0 atom stereocenters. The van der Waals surface area contributed by atoms with Gasteiger partial charge in [0.1, 0.15) is 0 Å². The lowest BCUT2D eigenvalue weighted by Gasteiger charge is -2.09. The van der Waals surface area contributed by atoms with Gasteiger partial charge >= 0.3 is 6.01 Å². The van der Waals surface area contributed by atoms with Crippen LogP contribution in [0.1, 0.15) is 55.3 Å². The highest BCUT2D eigenvalue weighted by atomic mass is 16.3. The van der Waals surface area contributed by atoms with Gasteiger partial charge < -0.3 is 26.4 Å². The second kappa shape index (κ2) is 11.9. The number of benzene rings is 1. The summed E-state index contributed by atoms with van der Waals surface area (Å²) in [6, 6.07) is 6.70. The van der Waals surface area contributed by atoms with Gasteiger partial charge in [0.2, 0.25) is 11.9 Å². The van der Waals surface area contributed by atoms with Crippen LogP contribution in [0.15, 0.2) is 24.3 Å². The number of hydrogen-bond acceptors (Lipinski definition) is 8. The lowest BCUT2D eigenvalue weighted by atomic mass is 10.1. The van der Waals surface area contributed by atoms with Crippen molar-refractivity contribution >= 4 is 23.5 Å². The Morgan fingerprint density at radius 1 is 0.700 bits per heavy atom. The van der Waals surface area contributed by atoms with Crippen molar-refractivity contribution in [3.63, 3.8) is 0 Å². The number of nitrogens with one attached hydrogen (secondary N) is 4. The first kappa shape index (κ1) is 21.8. The Bertz CT molecular complexity index is 798. The highest BCUT2D eigenvalue weighted by Crippen LogP contribution is 2.17. The molecule has 3 heterocycles. The third-order valence-electron chi connectivity index (χ3n) is 4.91. The van der Waals surface area contributed by atoms with Crippen LogP contribution in [-0.2, 0) is 0 Å². The first-order valence-corrected chi connectivity index (χ1v) is 10.8. The topological polar surface area (TPSA) is 124 Å². The fraction of sp³-hybridized carbons (Fsp3) is 0.524. The van der Waals surface area contributed by atoms with Gasteiger partial charge in [-0.2, -0.15) is 15.0 Å². The molecule has 2 aromatic rings. The highest BCUT2D eigenvalue weighted by molar-refractivity contribution is 5.94. The Labute approximate surface area is 177 Å². The summed E-state index contributed by atoms with van der Waals surface area (Å²) in [5.41, 5.74) is 1.30. The normalized spacial score (nSPS) is 17.4. The van der Waals surface area contributed by atoms with E-state index in [2.05, 4.69) is 36.2 Å². The van der Waals surface area contributed by atoms with Crippen LogP contribution < -0.4 is 21.3 Å². The third-order valence-corrected chi connectivity index (χ3v) is 4.91. The monoisotopic (exact) mass is 413 g/mol. The number of nitrogens with zero attached hydrogens (tertiary/aromatic N) is 3. The molecule has 0 spiro atoms. The molecule has 0 saturated carbocycles. The van der Waals surface area contributed by atoms with E-state index in [0.717, 1.165) is 38.9 Å². The molecule has 1 aromatic carbocycles. The predicted molar refractivity (Wildman–Crippen MR) is 117 cm³/mol. The van der Waals surface area contributed by atoms with Crippen LogP contribution in [0.5, 0.6) is 6.01 Å². The van der Waals surface area contributed by atoms with Crippen molar-refractivity contribution in [1.82, 2.24) is 25.6 Å². The lowest BCUT2D eigenvalue weighted by molar-refractivity contribution is 0.0953. The zero-order valence-electron chi connectivity index (χ0n) is 17.3. The van der Waals surface area contributed by atoms with E-state index in [4.69, 9.17) is 0 Å². The molecule has 0 fully saturated rings. The van der Waals surface area contributed by atoms with Crippen LogP contribution in [0.4, 0.5) is 17.6 Å². The number of aromatic hydroxyl groups is 1. The average molecular weight is 414 g/mol. The minimum atomic E-state index is -0.342. The van der Waals surface area contributed by atoms with Gasteiger partial charge in [-0.1, -0.05) is 25.7 Å². The molecule has 2 aliphatic rings. The molecule has 162 valence electrons. The fourth-order valence-electron chi connectivity index (χ4n) is 3.26. The lowest BCUT2D eigenvalue weighted by Crippen LogP contribution is -2.27. The molecule has 5 N–H and O–H groups in total. The van der Waals surface area contributed by atoms with E-state index in [1.54, 1.807) is 24.3 Å². The van der Waals surface area contributed by atoms with Crippen molar-refractivity contribution in [3.8, 4) is 6.01 Å². The number of aromatic nitrogens is 3. The number of anilines is 3. The minimum Gasteiger partial charge on any atom is -0.479 e. The summed E-state index contributed by atoms with van der Waals surface area (Å²) in [6.07, 6.45) is 7.92. The zero-order chi connectivity index (χ0) is 21.0. The zero-order valence-corrected chi connectivity index (χ0v) is 17.3. The highest BCUT2D eigenvalue weighted by Gasteiger charge is 2.08. The van der Waals surface area contributed by atoms with Gasteiger partial charge in [0.15, 0.2) is 0 Å². The van der Waals surface area contributed by atoms with Crippen molar-refractivity contribution in [2.75, 3.05) is 36.8 Å². The predicted octanol–water partition coefficient (Wildman–Crippen LogP) is 2.80. The smallest absolute Gasteiger partial charge is 0.320 e. The summed E-state index contributed by atoms with van der Waals surface area (Å²) < 4.78 is 0. The summed E-state index contributed by atoms with van der Waals surface area (Å²) in [5, 5.41) is 22.4. The van der Waals surface area contributed by atoms with Crippen molar-refractivity contribution in [2.45, 2.75) is 44.9 Å². The van der Waals surface area contributed by atoms with E-state index in [1.807, 2.05) is 0 Å². The first-order valence-electron chi connectivity index (χ1n) is 10.8. The van der Waals surface area contributed by atoms with Crippen LogP contribution in [-0.4, -0.2) is 52.1 Å². The molecule has 30 heavy (non-hydrogen) atoms. The molecule has 4 bridgehead atoms. The van der Waals surface area contributed by atoms with Gasteiger partial charge in [0, 0.05) is 24.3 Å². The summed E-state index contributed by atoms with van der Waals surface area (Å²) in [5.74, 6) is 0.489. The van der Waals surface area contributed by atoms with Gasteiger partial charge in [0.05, 0.1) is 0 Å². The molecular formula is C21H31N7O2. The van der Waals surface area contributed by atoms with Crippen molar-refractivity contribution in [2.24, 2.45) is 0 Å². The Morgan fingerprint density at radius 2 is 1.33 bits per heavy atom. The SMILES string of the molecule is O=C1NCCCNCCCCCCCCNc2nc(O)nc(n2)Nc2ccc1cc2. The van der Waals surface area contributed by atoms with Crippen LogP contribution in [0.2, 0.25) is 0 Å². The number of fused-ring (bicyclic) bond motifs is 16. The van der Waals surface area contributed by atoms with Crippen molar-refractivity contribution in [3.05, 3.63) is 29.8 Å². The number of hydrogen-bond donors (Lipinski definition) is 5. The Kier molecular flexibility index (Phi) is 8.64. The maximum absolute atomic E-state index is 12.3. The molecule has 0 saturated heterocycles. The van der Waals surface area contributed by atoms with Gasteiger partial charge in [-0.3, -0.25) is 4.79 Å². The Hall–Kier alpha value is -2.94. The quantitative estimate of drug-likeness (QED) is 0.447. The molecule has 1 amide bonds. The molecule has 0 radical (unpaired) electrons. The summed E-state index contributed by atoms with van der Waals surface area (Å²) in [7, 11) is 0. The van der Waals surface area contributed by atoms with Crippen LogP contribution in [0, 0.1) is 0 Å². The Morgan fingerprint density at radius 3 is 2.13 bits per heavy atom. The summed E-state index contributed by atoms with van der Waals surface area (Å²) >= 11 is 0. The van der Waals surface area contributed by atoms with Crippen molar-refractivity contribution < 1.29 is 9.90 Å². The van der Waals surface area contributed by atoms with E-state index < -0.39 is 0 Å². The van der Waals surface area contributed by atoms with Crippen LogP contribution in [0.3, 0.4) is 0 Å². The molecule has 4 rings (SSSR count). The standard InChI is InChI=1S/C21H31N7O2/c29-18-16-8-10-17(11-9-16)25-20-26-19(27-21(30)28-20)24-14-6-4-2-1-3-5-12-22-13-7-15-23-18/h8-11,22H,1-7,12-15H2,(H,23,29)(H3,24,25,26,27,28,30). The van der Waals surface area contributed by atoms with E-state index in [0.29, 0.717) is 23.7 Å². The number of carbonyl (C=O) groups excluding carboxylic acids is 1. The molecule has 1 aromatic heterocycles. The number of carbonyl (C=O) groups is 1. The molecule has 0 unspecified atom stereocenters. The van der Waals surface area contributed by atoms with E-state index in [9.17, 15) is 9.90 Å². The summed E-state index contributed by atoms with van der Waals surface area (Å²) in [4.78, 5) is 24.4. The van der Waals surface area contributed by atoms with Gasteiger partial charge in [-0.25, -0.2) is 0 Å². The van der Waals surface area contributed by atoms with E-state index >= 15 is 0 Å². The third kappa shape index (κ3) is 7.47. The van der Waals surface area contributed by atoms with Crippen LogP contribution in [0.25, 0.3) is 0 Å². The van der Waals surface area contributed by atoms with E-state index in [1.165, 1.54) is 25.7 Å². The largest absolute Gasteiger partial charge is 0.479 e. The molecule has 0 aliphatic carbocycles. The van der Waals surface area contributed by atoms with E-state index in [-0.39, 0.29) is 17.9 Å². The maximum atomic E-state index is 12.3. The molecular weight excluding hydrogens is 382 g/mol. The number of amides is 1. The Balaban J connectivity index is 1.64. The molecule has 9 heteroatoms. The van der Waals surface area contributed by atoms with Crippen LogP contribution >= 0.6 is 0 Å². The average Bonchev–Trinajstić information content (AvgIpc) is 2.73. The van der Waals surface area contributed by atoms with Gasteiger partial charge in [0.25, 0.3) is 5.91 Å². The molecule has 9 nitrogen and oxygen atoms in total. The second-order valence-corrected chi connectivity index (χ2v) is 7.39. The molecule has 2 aliphatic heterocycles. The summed E-state index contributed by atoms with van der Waals surface area (Å²) in [6.45, 7) is 3.32. The maximum Gasteiger partial charge on any atom is 0.320 e. The fourth-order valence-corrected chi connectivity index (χ4v) is 3.26. The first-order chi connectivity index (χ1) is 14.7. The minimum absolute atomic E-state index is 0.0933. The second-order valence-electron chi connectivity index (χ2n) is 7.39. The van der Waals surface area contributed by atoms with Gasteiger partial charge in [-0.15, -0.1) is 0 Å². The van der Waals surface area contributed by atoms with Crippen molar-refractivity contribution in [1.29, 1.82) is 0 Å². The number of rotatable bonds is 0. The van der Waals surface area contributed by atoms with Gasteiger partial charge in [-0.05, 0) is 56.6 Å².